The van der Waals surface area contributed by atoms with Gasteiger partial charge < -0.3 is 14.5 Å². The van der Waals surface area contributed by atoms with Crippen LogP contribution in [0.1, 0.15) is 21.5 Å². The highest BCUT2D eigenvalue weighted by atomic mass is 35.5. The number of carbonyl (C=O) groups is 2. The summed E-state index contributed by atoms with van der Waals surface area (Å²) >= 11 is 5.94. The van der Waals surface area contributed by atoms with Crippen molar-refractivity contribution < 1.29 is 14.3 Å². The summed E-state index contributed by atoms with van der Waals surface area (Å²) in [5.41, 5.74) is 2.33. The van der Waals surface area contributed by atoms with Crippen LogP contribution in [0, 0.1) is 0 Å². The first-order valence-electron chi connectivity index (χ1n) is 8.93. The minimum Gasteiger partial charge on any atom is -0.465 e. The summed E-state index contributed by atoms with van der Waals surface area (Å²) in [7, 11) is 5.30. The molecule has 2 aromatic rings. The molecular formula is C22H25ClN2O3. The van der Waals surface area contributed by atoms with Gasteiger partial charge in [0.2, 0.25) is 5.91 Å². The number of carbonyl (C=O) groups excluding carboxylic acids is 2. The van der Waals surface area contributed by atoms with Gasteiger partial charge in [0.05, 0.1) is 12.7 Å². The van der Waals surface area contributed by atoms with E-state index in [2.05, 4.69) is 4.74 Å². The molecule has 6 heteroatoms. The number of amides is 1. The van der Waals surface area contributed by atoms with Crippen molar-refractivity contribution in [3.05, 3.63) is 76.3 Å². The first-order chi connectivity index (χ1) is 13.4. The van der Waals surface area contributed by atoms with Gasteiger partial charge in [-0.25, -0.2) is 4.79 Å². The molecule has 28 heavy (non-hydrogen) atoms. The number of nitrogens with zero attached hydrogens (tertiary/aromatic N) is 2. The van der Waals surface area contributed by atoms with Crippen LogP contribution in [0.15, 0.2) is 54.6 Å². The highest BCUT2D eigenvalue weighted by Gasteiger charge is 2.12. The number of likely N-dealkylation sites (N-methyl/N-ethyl adjacent to an activating group) is 1. The second-order valence-electron chi connectivity index (χ2n) is 6.64. The molecule has 0 aliphatic rings. The van der Waals surface area contributed by atoms with Gasteiger partial charge in [-0.1, -0.05) is 35.9 Å². The van der Waals surface area contributed by atoms with Gasteiger partial charge in [0.1, 0.15) is 0 Å². The topological polar surface area (TPSA) is 49.9 Å². The predicted molar refractivity (Wildman–Crippen MR) is 112 cm³/mol. The molecule has 0 saturated heterocycles. The van der Waals surface area contributed by atoms with E-state index in [1.54, 1.807) is 41.3 Å². The highest BCUT2D eigenvalue weighted by Crippen LogP contribution is 2.13. The maximum absolute atomic E-state index is 12.7. The van der Waals surface area contributed by atoms with Gasteiger partial charge in [-0.15, -0.1) is 0 Å². The minimum absolute atomic E-state index is 0.0751. The summed E-state index contributed by atoms with van der Waals surface area (Å²) < 4.78 is 4.69. The Bertz CT molecular complexity index is 815. The van der Waals surface area contributed by atoms with Crippen LogP contribution in [0.2, 0.25) is 5.02 Å². The van der Waals surface area contributed by atoms with Crippen molar-refractivity contribution >= 4 is 29.6 Å². The molecule has 2 aromatic carbocycles. The number of ether oxygens (including phenoxy) is 1. The van der Waals surface area contributed by atoms with Crippen LogP contribution in [-0.4, -0.2) is 56.0 Å². The molecule has 1 amide bonds. The molecule has 0 N–H and O–H groups in total. The lowest BCUT2D eigenvalue weighted by Gasteiger charge is -2.23. The summed E-state index contributed by atoms with van der Waals surface area (Å²) in [4.78, 5) is 28.1. The molecule has 0 saturated carbocycles. The van der Waals surface area contributed by atoms with Crippen LogP contribution < -0.4 is 0 Å². The zero-order valence-electron chi connectivity index (χ0n) is 16.4. The van der Waals surface area contributed by atoms with Crippen LogP contribution in [0.25, 0.3) is 6.08 Å². The van der Waals surface area contributed by atoms with E-state index < -0.39 is 0 Å². The molecule has 0 bridgehead atoms. The summed E-state index contributed by atoms with van der Waals surface area (Å²) in [6.45, 7) is 1.89. The first kappa shape index (κ1) is 21.7. The maximum Gasteiger partial charge on any atom is 0.337 e. The van der Waals surface area contributed by atoms with Gasteiger partial charge >= 0.3 is 5.97 Å². The number of rotatable bonds is 8. The van der Waals surface area contributed by atoms with Crippen LogP contribution in [-0.2, 0) is 16.1 Å². The smallest absolute Gasteiger partial charge is 0.337 e. The molecule has 0 aliphatic heterocycles. The Morgan fingerprint density at radius 3 is 2.21 bits per heavy atom. The Morgan fingerprint density at radius 2 is 1.64 bits per heavy atom. The van der Waals surface area contributed by atoms with Gasteiger partial charge in [-0.3, -0.25) is 4.79 Å². The van der Waals surface area contributed by atoms with Gasteiger partial charge in [0.15, 0.2) is 0 Å². The fourth-order valence-electron chi connectivity index (χ4n) is 2.52. The quantitative estimate of drug-likeness (QED) is 0.500. The van der Waals surface area contributed by atoms with E-state index in [0.29, 0.717) is 23.7 Å². The van der Waals surface area contributed by atoms with E-state index in [9.17, 15) is 9.59 Å². The Hall–Kier alpha value is -2.63. The van der Waals surface area contributed by atoms with E-state index in [4.69, 9.17) is 11.6 Å². The Kier molecular flexibility index (Phi) is 8.23. The minimum atomic E-state index is -0.385. The number of benzene rings is 2. The molecule has 0 radical (unpaired) electrons. The molecule has 5 nitrogen and oxygen atoms in total. The van der Waals surface area contributed by atoms with Crippen molar-refractivity contribution in [2.75, 3.05) is 34.3 Å². The van der Waals surface area contributed by atoms with Gasteiger partial charge in [0, 0.05) is 30.7 Å². The van der Waals surface area contributed by atoms with E-state index in [0.717, 1.165) is 17.7 Å². The van der Waals surface area contributed by atoms with E-state index in [1.807, 2.05) is 43.3 Å². The lowest BCUT2D eigenvalue weighted by atomic mass is 10.1. The Morgan fingerprint density at radius 1 is 1.00 bits per heavy atom. The summed E-state index contributed by atoms with van der Waals surface area (Å²) in [5.74, 6) is -0.460. The first-order valence-corrected chi connectivity index (χ1v) is 9.31. The van der Waals surface area contributed by atoms with Crippen LogP contribution >= 0.6 is 11.6 Å². The van der Waals surface area contributed by atoms with Crippen molar-refractivity contribution in [2.45, 2.75) is 6.54 Å². The molecule has 148 valence electrons. The zero-order chi connectivity index (χ0) is 20.5. The molecule has 0 aliphatic carbocycles. The summed E-state index contributed by atoms with van der Waals surface area (Å²) in [6, 6.07) is 14.4. The predicted octanol–water partition coefficient (Wildman–Crippen LogP) is 3.73. The van der Waals surface area contributed by atoms with Crippen molar-refractivity contribution in [1.29, 1.82) is 0 Å². The third-order valence-electron chi connectivity index (χ3n) is 4.17. The average Bonchev–Trinajstić information content (AvgIpc) is 2.70. The molecule has 0 spiro atoms. The largest absolute Gasteiger partial charge is 0.465 e. The maximum atomic E-state index is 12.7. The zero-order valence-corrected chi connectivity index (χ0v) is 17.1. The lowest BCUT2D eigenvalue weighted by molar-refractivity contribution is -0.126. The SMILES string of the molecule is COC(=O)c1ccc(/C=C/C(=O)N(CCN(C)C)Cc2ccc(Cl)cc2)cc1. The molecule has 0 atom stereocenters. The number of esters is 1. The van der Waals surface area contributed by atoms with E-state index in [1.165, 1.54) is 7.11 Å². The fourth-order valence-corrected chi connectivity index (χ4v) is 2.65. The molecule has 0 heterocycles. The van der Waals surface area contributed by atoms with Crippen molar-refractivity contribution in [3.8, 4) is 0 Å². The third kappa shape index (κ3) is 6.83. The summed E-state index contributed by atoms with van der Waals surface area (Å²) in [6.07, 6.45) is 3.30. The van der Waals surface area contributed by atoms with E-state index >= 15 is 0 Å². The molecule has 2 rings (SSSR count). The molecule has 0 fully saturated rings. The van der Waals surface area contributed by atoms with Gasteiger partial charge in [0.25, 0.3) is 0 Å². The Labute approximate surface area is 171 Å². The van der Waals surface area contributed by atoms with Crippen LogP contribution in [0.4, 0.5) is 0 Å². The van der Waals surface area contributed by atoms with Crippen LogP contribution in [0.5, 0.6) is 0 Å². The van der Waals surface area contributed by atoms with Crippen molar-refractivity contribution in [1.82, 2.24) is 9.80 Å². The van der Waals surface area contributed by atoms with Gasteiger partial charge in [-0.2, -0.15) is 0 Å². The summed E-state index contributed by atoms with van der Waals surface area (Å²) in [5, 5.41) is 0.671. The molecular weight excluding hydrogens is 376 g/mol. The fraction of sp³-hybridized carbons (Fsp3) is 0.273. The van der Waals surface area contributed by atoms with Crippen molar-refractivity contribution in [3.63, 3.8) is 0 Å². The second kappa shape index (κ2) is 10.6. The molecule has 0 unspecified atom stereocenters. The number of halogens is 1. The number of hydrogen-bond donors (Lipinski definition) is 0. The highest BCUT2D eigenvalue weighted by molar-refractivity contribution is 6.30. The van der Waals surface area contributed by atoms with Crippen LogP contribution in [0.3, 0.4) is 0 Å². The van der Waals surface area contributed by atoms with Crippen molar-refractivity contribution in [2.24, 2.45) is 0 Å². The standard InChI is InChI=1S/C22H25ClN2O3/c1-24(2)14-15-25(16-18-6-11-20(23)12-7-18)21(26)13-8-17-4-9-19(10-5-17)22(27)28-3/h4-13H,14-16H2,1-3H3/b13-8+. The Balaban J connectivity index is 2.08. The normalized spacial score (nSPS) is 11.0. The number of hydrogen-bond acceptors (Lipinski definition) is 4. The average molecular weight is 401 g/mol. The third-order valence-corrected chi connectivity index (χ3v) is 4.42. The second-order valence-corrected chi connectivity index (χ2v) is 7.07. The van der Waals surface area contributed by atoms with E-state index in [-0.39, 0.29) is 11.9 Å². The molecule has 0 aromatic heterocycles. The monoisotopic (exact) mass is 400 g/mol. The number of methoxy groups -OCH3 is 1. The lowest BCUT2D eigenvalue weighted by Crippen LogP contribution is -2.35. The van der Waals surface area contributed by atoms with Gasteiger partial charge in [-0.05, 0) is 55.6 Å².